The molecule has 0 aliphatic carbocycles. The maximum atomic E-state index is 11.7. The van der Waals surface area contributed by atoms with Crippen molar-refractivity contribution in [2.24, 2.45) is 10.7 Å². The number of carbonyl (C=O) groups excluding carboxylic acids is 1. The molecule has 9 heteroatoms. The quantitative estimate of drug-likeness (QED) is 0.582. The second-order valence-electron chi connectivity index (χ2n) is 6.22. The summed E-state index contributed by atoms with van der Waals surface area (Å²) in [4.78, 5) is 17.9. The molecule has 1 heterocycles. The number of likely N-dealkylation sites (tertiary alicyclic amines) is 1. The Bertz CT molecular complexity index is 739. The van der Waals surface area contributed by atoms with E-state index in [1.54, 1.807) is 36.1 Å². The fourth-order valence-corrected chi connectivity index (χ4v) is 3.32. The van der Waals surface area contributed by atoms with Gasteiger partial charge in [0.2, 0.25) is 0 Å². The van der Waals surface area contributed by atoms with Crippen LogP contribution in [0.25, 0.3) is 0 Å². The van der Waals surface area contributed by atoms with Crippen LogP contribution in [-0.2, 0) is 21.1 Å². The standard InChI is InChI=1S/C17H26N4O4S/c1-3-25-17(22)21-10-8-14(9-11-21)20-16(18)19-12-13-4-6-15(7-5-13)26(2,23)24/h4-7,14H,3,8-12H2,1-2H3,(H3,18,19,20). The average Bonchev–Trinajstić information content (AvgIpc) is 2.60. The Labute approximate surface area is 154 Å². The van der Waals surface area contributed by atoms with Crippen LogP contribution in [0, 0.1) is 0 Å². The zero-order valence-electron chi connectivity index (χ0n) is 15.1. The number of carbonyl (C=O) groups is 1. The molecule has 1 aromatic carbocycles. The molecule has 3 N–H and O–H groups in total. The molecule has 2 rings (SSSR count). The van der Waals surface area contributed by atoms with Crippen LogP contribution in [0.2, 0.25) is 0 Å². The predicted molar refractivity (Wildman–Crippen MR) is 99.6 cm³/mol. The number of piperidine rings is 1. The van der Waals surface area contributed by atoms with Gasteiger partial charge >= 0.3 is 6.09 Å². The van der Waals surface area contributed by atoms with Crippen molar-refractivity contribution in [1.82, 2.24) is 10.2 Å². The van der Waals surface area contributed by atoms with Gasteiger partial charge in [0.05, 0.1) is 18.0 Å². The SMILES string of the molecule is CCOC(=O)N1CCC(NC(N)=NCc2ccc(S(C)(=O)=O)cc2)CC1. The first-order chi connectivity index (χ1) is 12.3. The molecule has 8 nitrogen and oxygen atoms in total. The topological polar surface area (TPSA) is 114 Å². The van der Waals surface area contributed by atoms with Gasteiger partial charge in [-0.15, -0.1) is 0 Å². The molecule has 1 aliphatic heterocycles. The number of aliphatic imine (C=N–C) groups is 1. The summed E-state index contributed by atoms with van der Waals surface area (Å²) in [7, 11) is -3.19. The molecule has 1 fully saturated rings. The van der Waals surface area contributed by atoms with E-state index in [1.807, 2.05) is 0 Å². The van der Waals surface area contributed by atoms with Crippen molar-refractivity contribution >= 4 is 21.9 Å². The van der Waals surface area contributed by atoms with E-state index < -0.39 is 9.84 Å². The summed E-state index contributed by atoms with van der Waals surface area (Å²) >= 11 is 0. The van der Waals surface area contributed by atoms with Crippen LogP contribution >= 0.6 is 0 Å². The maximum Gasteiger partial charge on any atom is 0.409 e. The molecule has 1 saturated heterocycles. The molecule has 1 aromatic rings. The van der Waals surface area contributed by atoms with Crippen LogP contribution in [0.1, 0.15) is 25.3 Å². The van der Waals surface area contributed by atoms with Crippen molar-refractivity contribution in [3.05, 3.63) is 29.8 Å². The molecule has 1 amide bonds. The van der Waals surface area contributed by atoms with Gasteiger partial charge in [-0.3, -0.25) is 0 Å². The molecule has 0 radical (unpaired) electrons. The summed E-state index contributed by atoms with van der Waals surface area (Å²) in [5, 5.41) is 3.17. The monoisotopic (exact) mass is 382 g/mol. The van der Waals surface area contributed by atoms with E-state index in [-0.39, 0.29) is 17.0 Å². The first kappa shape index (κ1) is 20.0. The molecule has 144 valence electrons. The van der Waals surface area contributed by atoms with Gasteiger partial charge in [0.25, 0.3) is 0 Å². The number of hydrogen-bond donors (Lipinski definition) is 2. The highest BCUT2D eigenvalue weighted by atomic mass is 32.2. The van der Waals surface area contributed by atoms with Crippen LogP contribution in [0.3, 0.4) is 0 Å². The van der Waals surface area contributed by atoms with Crippen LogP contribution in [-0.4, -0.2) is 57.4 Å². The summed E-state index contributed by atoms with van der Waals surface area (Å²) in [6, 6.07) is 6.75. The van der Waals surface area contributed by atoms with E-state index in [1.165, 1.54) is 6.26 Å². The van der Waals surface area contributed by atoms with Crippen molar-refractivity contribution in [3.63, 3.8) is 0 Å². The lowest BCUT2D eigenvalue weighted by molar-refractivity contribution is 0.0963. The van der Waals surface area contributed by atoms with Gasteiger partial charge in [-0.1, -0.05) is 12.1 Å². The number of nitrogens with zero attached hydrogens (tertiary/aromatic N) is 2. The zero-order valence-corrected chi connectivity index (χ0v) is 16.0. The number of ether oxygens (including phenoxy) is 1. The van der Waals surface area contributed by atoms with Gasteiger partial charge in [-0.25, -0.2) is 18.2 Å². The van der Waals surface area contributed by atoms with Gasteiger partial charge in [-0.05, 0) is 37.5 Å². The number of nitrogens with two attached hydrogens (primary N) is 1. The molecule has 0 aromatic heterocycles. The third kappa shape index (κ3) is 5.91. The molecule has 26 heavy (non-hydrogen) atoms. The third-order valence-corrected chi connectivity index (χ3v) is 5.28. The number of nitrogens with one attached hydrogen (secondary N) is 1. The van der Waals surface area contributed by atoms with Crippen LogP contribution < -0.4 is 11.1 Å². The number of sulfone groups is 1. The predicted octanol–water partition coefficient (Wildman–Crippen LogP) is 1.12. The molecular formula is C17H26N4O4S. The molecule has 0 saturated carbocycles. The minimum atomic E-state index is -3.19. The Morgan fingerprint density at radius 1 is 1.31 bits per heavy atom. The minimum absolute atomic E-state index is 0.164. The van der Waals surface area contributed by atoms with Gasteiger partial charge in [0.1, 0.15) is 0 Å². The molecule has 0 bridgehead atoms. The lowest BCUT2D eigenvalue weighted by Crippen LogP contribution is -2.48. The molecule has 0 spiro atoms. The van der Waals surface area contributed by atoms with Gasteiger partial charge in [0, 0.05) is 25.4 Å². The van der Waals surface area contributed by atoms with Gasteiger partial charge in [0.15, 0.2) is 15.8 Å². The summed E-state index contributed by atoms with van der Waals surface area (Å²) in [5.41, 5.74) is 6.81. The Morgan fingerprint density at radius 3 is 2.46 bits per heavy atom. The Kier molecular flexibility index (Phi) is 6.84. The van der Waals surface area contributed by atoms with E-state index in [0.29, 0.717) is 32.2 Å². The molecule has 0 unspecified atom stereocenters. The summed E-state index contributed by atoms with van der Waals surface area (Å²) in [6.07, 6.45) is 2.45. The Morgan fingerprint density at radius 2 is 1.92 bits per heavy atom. The van der Waals surface area contributed by atoms with Crippen molar-refractivity contribution in [2.45, 2.75) is 37.2 Å². The fourth-order valence-electron chi connectivity index (χ4n) is 2.69. The molecule has 0 atom stereocenters. The highest BCUT2D eigenvalue weighted by Crippen LogP contribution is 2.12. The fraction of sp³-hybridized carbons (Fsp3) is 0.529. The smallest absolute Gasteiger partial charge is 0.409 e. The number of hydrogen-bond acceptors (Lipinski definition) is 5. The first-order valence-electron chi connectivity index (χ1n) is 8.56. The van der Waals surface area contributed by atoms with E-state index in [4.69, 9.17) is 10.5 Å². The van der Waals surface area contributed by atoms with E-state index >= 15 is 0 Å². The number of guanidine groups is 1. The first-order valence-corrected chi connectivity index (χ1v) is 10.5. The molecule has 1 aliphatic rings. The highest BCUT2D eigenvalue weighted by Gasteiger charge is 2.23. The Hall–Kier alpha value is -2.29. The summed E-state index contributed by atoms with van der Waals surface area (Å²) < 4.78 is 27.9. The van der Waals surface area contributed by atoms with Gasteiger partial charge in [-0.2, -0.15) is 0 Å². The molecular weight excluding hydrogens is 356 g/mol. The van der Waals surface area contributed by atoms with Crippen LogP contribution in [0.4, 0.5) is 4.79 Å². The van der Waals surface area contributed by atoms with Crippen molar-refractivity contribution < 1.29 is 17.9 Å². The third-order valence-electron chi connectivity index (χ3n) is 4.16. The second kappa shape index (κ2) is 8.88. The van der Waals surface area contributed by atoms with Crippen molar-refractivity contribution in [3.8, 4) is 0 Å². The minimum Gasteiger partial charge on any atom is -0.450 e. The lowest BCUT2D eigenvalue weighted by Gasteiger charge is -2.31. The van der Waals surface area contributed by atoms with Gasteiger partial charge < -0.3 is 20.7 Å². The van der Waals surface area contributed by atoms with Crippen LogP contribution in [0.5, 0.6) is 0 Å². The largest absolute Gasteiger partial charge is 0.450 e. The number of benzene rings is 1. The number of rotatable bonds is 5. The van der Waals surface area contributed by atoms with Crippen molar-refractivity contribution in [2.75, 3.05) is 26.0 Å². The summed E-state index contributed by atoms with van der Waals surface area (Å²) in [6.45, 7) is 3.78. The second-order valence-corrected chi connectivity index (χ2v) is 8.24. The highest BCUT2D eigenvalue weighted by molar-refractivity contribution is 7.90. The lowest BCUT2D eigenvalue weighted by atomic mass is 10.1. The van der Waals surface area contributed by atoms with E-state index in [2.05, 4.69) is 10.3 Å². The Balaban J connectivity index is 1.81. The summed E-state index contributed by atoms with van der Waals surface area (Å²) in [5.74, 6) is 0.340. The van der Waals surface area contributed by atoms with E-state index in [0.717, 1.165) is 18.4 Å². The average molecular weight is 382 g/mol. The number of amides is 1. The van der Waals surface area contributed by atoms with Crippen LogP contribution in [0.15, 0.2) is 34.2 Å². The van der Waals surface area contributed by atoms with Crippen molar-refractivity contribution in [1.29, 1.82) is 0 Å². The zero-order chi connectivity index (χ0) is 19.2. The normalized spacial score (nSPS) is 16.4. The maximum absolute atomic E-state index is 11.7. The van der Waals surface area contributed by atoms with E-state index in [9.17, 15) is 13.2 Å².